The zero-order valence-electron chi connectivity index (χ0n) is 9.10. The van der Waals surface area contributed by atoms with Crippen molar-refractivity contribution in [1.29, 1.82) is 0 Å². The summed E-state index contributed by atoms with van der Waals surface area (Å²) in [7, 11) is 0. The van der Waals surface area contributed by atoms with Crippen molar-refractivity contribution in [3.05, 3.63) is 30.1 Å². The molecule has 0 bridgehead atoms. The summed E-state index contributed by atoms with van der Waals surface area (Å²) in [6.07, 6.45) is 1.87. The lowest BCUT2D eigenvalue weighted by molar-refractivity contribution is -0.116. The molecule has 1 aliphatic carbocycles. The smallest absolute Gasteiger partial charge is 0.312 e. The van der Waals surface area contributed by atoms with E-state index in [0.29, 0.717) is 0 Å². The summed E-state index contributed by atoms with van der Waals surface area (Å²) in [6, 6.07) is 5.60. The van der Waals surface area contributed by atoms with Crippen LogP contribution in [0.15, 0.2) is 24.3 Å². The van der Waals surface area contributed by atoms with Gasteiger partial charge in [-0.1, -0.05) is 12.1 Å². The van der Waals surface area contributed by atoms with Crippen molar-refractivity contribution in [2.75, 3.05) is 11.4 Å². The molecule has 1 aromatic rings. The Labute approximate surface area is 97.6 Å². The lowest BCUT2D eigenvalue weighted by atomic mass is 10.3. The summed E-state index contributed by atoms with van der Waals surface area (Å²) < 4.78 is 13.6. The number of para-hydroxylation sites is 1. The van der Waals surface area contributed by atoms with Crippen LogP contribution in [0.1, 0.15) is 12.8 Å². The van der Waals surface area contributed by atoms with E-state index in [0.717, 1.165) is 17.7 Å². The number of benzene rings is 1. The van der Waals surface area contributed by atoms with Gasteiger partial charge >= 0.3 is 6.03 Å². The van der Waals surface area contributed by atoms with Crippen molar-refractivity contribution in [2.24, 2.45) is 0 Å². The van der Waals surface area contributed by atoms with Gasteiger partial charge in [-0.3, -0.25) is 4.79 Å². The first kappa shape index (κ1) is 10.3. The van der Waals surface area contributed by atoms with Crippen molar-refractivity contribution in [3.8, 4) is 0 Å². The van der Waals surface area contributed by atoms with Crippen molar-refractivity contribution in [1.82, 2.24) is 4.90 Å². The number of imide groups is 1. The Morgan fingerprint density at radius 1 is 1.18 bits per heavy atom. The minimum atomic E-state index is -0.549. The summed E-state index contributed by atoms with van der Waals surface area (Å²) in [5.74, 6) is -0.904. The van der Waals surface area contributed by atoms with E-state index in [1.807, 2.05) is 0 Å². The van der Waals surface area contributed by atoms with E-state index < -0.39 is 11.8 Å². The van der Waals surface area contributed by atoms with Gasteiger partial charge in [0.25, 0.3) is 5.91 Å². The Balaban J connectivity index is 1.95. The van der Waals surface area contributed by atoms with Crippen LogP contribution in [0, 0.1) is 5.82 Å². The standard InChI is InChI=1S/C12H11FN2O2/c13-9-3-1-2-4-10(9)15-11(16)7-14(12(15)17)8-5-6-8/h1-4,8H,5-7H2. The number of nitrogens with zero attached hydrogens (tertiary/aromatic N) is 2. The second-order valence-corrected chi connectivity index (χ2v) is 4.32. The number of rotatable bonds is 2. The van der Waals surface area contributed by atoms with Crippen LogP contribution in [0.3, 0.4) is 0 Å². The first-order valence-electron chi connectivity index (χ1n) is 5.56. The highest BCUT2D eigenvalue weighted by Crippen LogP contribution is 2.32. The van der Waals surface area contributed by atoms with Gasteiger partial charge in [0, 0.05) is 6.04 Å². The van der Waals surface area contributed by atoms with Crippen molar-refractivity contribution < 1.29 is 14.0 Å². The van der Waals surface area contributed by atoms with Gasteiger partial charge in [0.15, 0.2) is 0 Å². The van der Waals surface area contributed by atoms with Gasteiger partial charge in [0.05, 0.1) is 5.69 Å². The maximum absolute atomic E-state index is 13.6. The molecule has 2 aliphatic rings. The molecule has 2 fully saturated rings. The monoisotopic (exact) mass is 234 g/mol. The fourth-order valence-electron chi connectivity index (χ4n) is 2.06. The summed E-state index contributed by atoms with van der Waals surface area (Å²) in [5.41, 5.74) is 0.0469. The Hall–Kier alpha value is -1.91. The average molecular weight is 234 g/mol. The van der Waals surface area contributed by atoms with Crippen LogP contribution in [0.2, 0.25) is 0 Å². The minimum Gasteiger partial charge on any atom is -0.312 e. The van der Waals surface area contributed by atoms with Crippen LogP contribution in [-0.4, -0.2) is 29.4 Å². The summed E-state index contributed by atoms with van der Waals surface area (Å²) in [6.45, 7) is 0.0673. The fraction of sp³-hybridized carbons (Fsp3) is 0.333. The number of hydrogen-bond donors (Lipinski definition) is 0. The third kappa shape index (κ3) is 1.58. The molecule has 1 aliphatic heterocycles. The molecule has 5 heteroatoms. The normalized spacial score (nSPS) is 20.3. The molecule has 0 unspecified atom stereocenters. The summed E-state index contributed by atoms with van der Waals surface area (Å²) >= 11 is 0. The Kier molecular flexibility index (Phi) is 2.14. The lowest BCUT2D eigenvalue weighted by Crippen LogP contribution is -2.34. The van der Waals surface area contributed by atoms with Crippen LogP contribution >= 0.6 is 0 Å². The molecule has 0 spiro atoms. The number of carbonyl (C=O) groups is 2. The molecule has 88 valence electrons. The van der Waals surface area contributed by atoms with Crippen LogP contribution in [-0.2, 0) is 4.79 Å². The maximum atomic E-state index is 13.6. The van der Waals surface area contributed by atoms with Crippen molar-refractivity contribution in [3.63, 3.8) is 0 Å². The van der Waals surface area contributed by atoms with Crippen LogP contribution in [0.4, 0.5) is 14.9 Å². The number of amides is 3. The lowest BCUT2D eigenvalue weighted by Gasteiger charge is -2.16. The van der Waals surface area contributed by atoms with Gasteiger partial charge in [-0.05, 0) is 25.0 Å². The van der Waals surface area contributed by atoms with E-state index in [1.54, 1.807) is 6.07 Å². The molecule has 0 aromatic heterocycles. The third-order valence-electron chi connectivity index (χ3n) is 3.07. The van der Waals surface area contributed by atoms with Gasteiger partial charge in [-0.15, -0.1) is 0 Å². The fourth-order valence-corrected chi connectivity index (χ4v) is 2.06. The second kappa shape index (κ2) is 3.55. The highest BCUT2D eigenvalue weighted by molar-refractivity contribution is 6.20. The number of carbonyl (C=O) groups excluding carboxylic acids is 2. The van der Waals surface area contributed by atoms with E-state index in [4.69, 9.17) is 0 Å². The largest absolute Gasteiger partial charge is 0.332 e. The molecule has 17 heavy (non-hydrogen) atoms. The highest BCUT2D eigenvalue weighted by Gasteiger charge is 2.44. The predicted molar refractivity (Wildman–Crippen MR) is 59.0 cm³/mol. The van der Waals surface area contributed by atoms with Gasteiger partial charge in [-0.2, -0.15) is 0 Å². The first-order chi connectivity index (χ1) is 8.18. The van der Waals surface area contributed by atoms with Gasteiger partial charge < -0.3 is 4.90 Å². The number of urea groups is 1. The molecule has 1 heterocycles. The topological polar surface area (TPSA) is 40.6 Å². The van der Waals surface area contributed by atoms with Gasteiger partial charge in [0.2, 0.25) is 0 Å². The molecule has 3 amide bonds. The zero-order chi connectivity index (χ0) is 12.0. The molecule has 0 N–H and O–H groups in total. The molecule has 0 radical (unpaired) electrons. The maximum Gasteiger partial charge on any atom is 0.332 e. The Morgan fingerprint density at radius 2 is 1.88 bits per heavy atom. The van der Waals surface area contributed by atoms with Gasteiger partial charge in [0.1, 0.15) is 12.4 Å². The molecular weight excluding hydrogens is 223 g/mol. The highest BCUT2D eigenvalue weighted by atomic mass is 19.1. The molecule has 0 atom stereocenters. The minimum absolute atomic E-state index is 0.0469. The molecule has 1 saturated heterocycles. The predicted octanol–water partition coefficient (Wildman–Crippen LogP) is 1.76. The third-order valence-corrected chi connectivity index (χ3v) is 3.07. The molecular formula is C12H11FN2O2. The summed E-state index contributed by atoms with van der Waals surface area (Å²) in [4.78, 5) is 26.3. The summed E-state index contributed by atoms with van der Waals surface area (Å²) in [5, 5.41) is 0. The van der Waals surface area contributed by atoms with Gasteiger partial charge in [-0.25, -0.2) is 14.1 Å². The van der Waals surface area contributed by atoms with Crippen molar-refractivity contribution >= 4 is 17.6 Å². The quantitative estimate of drug-likeness (QED) is 0.731. The number of halogens is 1. The molecule has 1 aromatic carbocycles. The van der Waals surface area contributed by atoms with Crippen LogP contribution in [0.25, 0.3) is 0 Å². The Morgan fingerprint density at radius 3 is 2.53 bits per heavy atom. The van der Waals surface area contributed by atoms with E-state index in [2.05, 4.69) is 0 Å². The molecule has 1 saturated carbocycles. The second-order valence-electron chi connectivity index (χ2n) is 4.32. The van der Waals surface area contributed by atoms with E-state index in [-0.39, 0.29) is 24.2 Å². The van der Waals surface area contributed by atoms with E-state index >= 15 is 0 Å². The SMILES string of the molecule is O=C1CN(C2CC2)C(=O)N1c1ccccc1F. The van der Waals surface area contributed by atoms with Crippen LogP contribution in [0.5, 0.6) is 0 Å². The first-order valence-corrected chi connectivity index (χ1v) is 5.56. The Bertz CT molecular complexity index is 499. The van der Waals surface area contributed by atoms with E-state index in [1.165, 1.54) is 23.1 Å². The van der Waals surface area contributed by atoms with Crippen molar-refractivity contribution in [2.45, 2.75) is 18.9 Å². The number of anilines is 1. The molecule has 4 nitrogen and oxygen atoms in total. The average Bonchev–Trinajstić information content (AvgIpc) is 3.09. The zero-order valence-corrected chi connectivity index (χ0v) is 9.10. The number of hydrogen-bond acceptors (Lipinski definition) is 2. The van der Waals surface area contributed by atoms with E-state index in [9.17, 15) is 14.0 Å². The van der Waals surface area contributed by atoms with Crippen LogP contribution < -0.4 is 4.90 Å². The molecule has 3 rings (SSSR count).